The standard InChI is InChI=1S/C15H16Si/c1-5-12-10-14(16(2,3)4)11-13-8-6-7-9-15(12)13/h1,6-11H,2-4H3. The lowest BCUT2D eigenvalue weighted by molar-refractivity contribution is 1.68. The van der Waals surface area contributed by atoms with E-state index in [4.69, 9.17) is 6.42 Å². The Bertz CT molecular complexity index is 568. The van der Waals surface area contributed by atoms with Crippen molar-refractivity contribution in [3.05, 3.63) is 42.0 Å². The second-order valence-corrected chi connectivity index (χ2v) is 10.2. The quantitative estimate of drug-likeness (QED) is 0.514. The fourth-order valence-electron chi connectivity index (χ4n) is 1.86. The van der Waals surface area contributed by atoms with Gasteiger partial charge in [-0.25, -0.2) is 0 Å². The van der Waals surface area contributed by atoms with Gasteiger partial charge in [-0.05, 0) is 16.8 Å². The molecule has 0 amide bonds. The van der Waals surface area contributed by atoms with E-state index in [1.54, 1.807) is 0 Å². The number of terminal acetylenes is 1. The molecular formula is C15H16Si. The molecule has 0 bridgehead atoms. The van der Waals surface area contributed by atoms with Gasteiger partial charge in [0.25, 0.3) is 0 Å². The SMILES string of the molecule is C#Cc1cc([Si](C)(C)C)cc2ccccc12. The summed E-state index contributed by atoms with van der Waals surface area (Å²) in [6, 6.07) is 12.8. The Kier molecular flexibility index (Phi) is 2.61. The van der Waals surface area contributed by atoms with Gasteiger partial charge in [0.15, 0.2) is 0 Å². The topological polar surface area (TPSA) is 0 Å². The first-order valence-corrected chi connectivity index (χ1v) is 9.02. The Morgan fingerprint density at radius 3 is 2.38 bits per heavy atom. The summed E-state index contributed by atoms with van der Waals surface area (Å²) >= 11 is 0. The molecule has 0 saturated heterocycles. The highest BCUT2D eigenvalue weighted by Crippen LogP contribution is 2.18. The highest BCUT2D eigenvalue weighted by molar-refractivity contribution is 6.88. The summed E-state index contributed by atoms with van der Waals surface area (Å²) in [6.45, 7) is 7.03. The Labute approximate surface area is 98.3 Å². The van der Waals surface area contributed by atoms with E-state index in [9.17, 15) is 0 Å². The number of fused-ring (bicyclic) bond motifs is 1. The van der Waals surface area contributed by atoms with Gasteiger partial charge in [-0.3, -0.25) is 0 Å². The van der Waals surface area contributed by atoms with E-state index in [1.165, 1.54) is 16.0 Å². The van der Waals surface area contributed by atoms with Crippen molar-refractivity contribution in [2.45, 2.75) is 19.6 Å². The summed E-state index contributed by atoms with van der Waals surface area (Å²) in [5.74, 6) is 2.80. The predicted octanol–water partition coefficient (Wildman–Crippen LogP) is 3.37. The molecule has 0 radical (unpaired) electrons. The van der Waals surface area contributed by atoms with Crippen LogP contribution in [0.25, 0.3) is 10.8 Å². The summed E-state index contributed by atoms with van der Waals surface area (Å²) in [6.07, 6.45) is 5.59. The minimum Gasteiger partial charge on any atom is -0.115 e. The van der Waals surface area contributed by atoms with E-state index in [1.807, 2.05) is 6.07 Å². The minimum absolute atomic E-state index is 1.02. The third-order valence-corrected chi connectivity index (χ3v) is 4.90. The third kappa shape index (κ3) is 1.89. The van der Waals surface area contributed by atoms with E-state index in [0.717, 1.165) is 5.56 Å². The van der Waals surface area contributed by atoms with Crippen LogP contribution >= 0.6 is 0 Å². The lowest BCUT2D eigenvalue weighted by Gasteiger charge is -2.18. The van der Waals surface area contributed by atoms with E-state index in [2.05, 4.69) is 55.9 Å². The summed E-state index contributed by atoms with van der Waals surface area (Å²) in [4.78, 5) is 0. The van der Waals surface area contributed by atoms with Crippen molar-refractivity contribution >= 4 is 24.0 Å². The van der Waals surface area contributed by atoms with Crippen molar-refractivity contribution < 1.29 is 0 Å². The molecule has 0 aliphatic heterocycles. The number of hydrogen-bond acceptors (Lipinski definition) is 0. The van der Waals surface area contributed by atoms with Gasteiger partial charge in [-0.2, -0.15) is 0 Å². The average Bonchev–Trinajstić information content (AvgIpc) is 2.26. The Morgan fingerprint density at radius 1 is 1.06 bits per heavy atom. The van der Waals surface area contributed by atoms with Gasteiger partial charge in [0, 0.05) is 5.56 Å². The molecule has 2 aromatic rings. The molecule has 0 unspecified atom stereocenters. The molecule has 0 heterocycles. The molecule has 0 spiro atoms. The van der Waals surface area contributed by atoms with Crippen LogP contribution in [0.4, 0.5) is 0 Å². The van der Waals surface area contributed by atoms with Gasteiger partial charge < -0.3 is 0 Å². The smallest absolute Gasteiger partial charge is 0.0776 e. The van der Waals surface area contributed by atoms with Gasteiger partial charge in [0.2, 0.25) is 0 Å². The number of rotatable bonds is 1. The van der Waals surface area contributed by atoms with Crippen LogP contribution in [0.3, 0.4) is 0 Å². The van der Waals surface area contributed by atoms with E-state index in [0.29, 0.717) is 0 Å². The molecule has 80 valence electrons. The van der Waals surface area contributed by atoms with Crippen LogP contribution in [0.2, 0.25) is 19.6 Å². The van der Waals surface area contributed by atoms with E-state index < -0.39 is 8.07 Å². The monoisotopic (exact) mass is 224 g/mol. The molecule has 0 fully saturated rings. The van der Waals surface area contributed by atoms with Crippen molar-refractivity contribution in [1.82, 2.24) is 0 Å². The summed E-state index contributed by atoms with van der Waals surface area (Å²) in [5, 5.41) is 3.88. The first-order chi connectivity index (χ1) is 7.52. The number of hydrogen-bond donors (Lipinski definition) is 0. The fraction of sp³-hybridized carbons (Fsp3) is 0.200. The maximum absolute atomic E-state index is 5.59. The Balaban J connectivity index is 2.80. The Morgan fingerprint density at radius 2 is 1.75 bits per heavy atom. The average molecular weight is 224 g/mol. The second kappa shape index (κ2) is 3.81. The molecule has 0 saturated carbocycles. The highest BCUT2D eigenvalue weighted by atomic mass is 28.3. The van der Waals surface area contributed by atoms with Crippen molar-refractivity contribution in [3.63, 3.8) is 0 Å². The Hall–Kier alpha value is -1.52. The van der Waals surface area contributed by atoms with Gasteiger partial charge in [0.1, 0.15) is 0 Å². The van der Waals surface area contributed by atoms with Crippen LogP contribution in [0.1, 0.15) is 5.56 Å². The highest BCUT2D eigenvalue weighted by Gasteiger charge is 2.17. The largest absolute Gasteiger partial charge is 0.115 e. The molecule has 0 aliphatic rings. The maximum atomic E-state index is 5.59. The first kappa shape index (κ1) is 11.0. The van der Waals surface area contributed by atoms with Crippen molar-refractivity contribution in [2.24, 2.45) is 0 Å². The summed E-state index contributed by atoms with van der Waals surface area (Å²) in [7, 11) is -1.29. The van der Waals surface area contributed by atoms with Crippen LogP contribution in [0, 0.1) is 12.3 Å². The molecule has 0 aromatic heterocycles. The zero-order valence-corrected chi connectivity index (χ0v) is 11.0. The van der Waals surface area contributed by atoms with Crippen LogP contribution in [0.15, 0.2) is 36.4 Å². The summed E-state index contributed by atoms with van der Waals surface area (Å²) in [5.41, 5.74) is 1.02. The lowest BCUT2D eigenvalue weighted by atomic mass is 10.1. The van der Waals surface area contributed by atoms with Crippen LogP contribution < -0.4 is 5.19 Å². The van der Waals surface area contributed by atoms with Crippen LogP contribution in [-0.4, -0.2) is 8.07 Å². The molecule has 0 atom stereocenters. The molecule has 0 aliphatic carbocycles. The van der Waals surface area contributed by atoms with Crippen molar-refractivity contribution in [1.29, 1.82) is 0 Å². The molecule has 1 heteroatoms. The molecule has 0 N–H and O–H groups in total. The van der Waals surface area contributed by atoms with E-state index >= 15 is 0 Å². The number of benzene rings is 2. The fourth-order valence-corrected chi connectivity index (χ4v) is 3.03. The zero-order chi connectivity index (χ0) is 11.8. The minimum atomic E-state index is -1.29. The zero-order valence-electron chi connectivity index (χ0n) is 10.0. The summed E-state index contributed by atoms with van der Waals surface area (Å²) < 4.78 is 0. The molecular weight excluding hydrogens is 208 g/mol. The molecule has 16 heavy (non-hydrogen) atoms. The van der Waals surface area contributed by atoms with Crippen molar-refractivity contribution in [2.75, 3.05) is 0 Å². The van der Waals surface area contributed by atoms with Gasteiger partial charge in [-0.15, -0.1) is 6.42 Å². The predicted molar refractivity (Wildman–Crippen MR) is 74.9 cm³/mol. The van der Waals surface area contributed by atoms with Gasteiger partial charge >= 0.3 is 0 Å². The van der Waals surface area contributed by atoms with Gasteiger partial charge in [0.05, 0.1) is 8.07 Å². The normalized spacial score (nSPS) is 11.4. The van der Waals surface area contributed by atoms with Crippen LogP contribution in [-0.2, 0) is 0 Å². The third-order valence-electron chi connectivity index (χ3n) is 2.88. The first-order valence-electron chi connectivity index (χ1n) is 5.52. The van der Waals surface area contributed by atoms with E-state index in [-0.39, 0.29) is 0 Å². The van der Waals surface area contributed by atoms with Crippen molar-refractivity contribution in [3.8, 4) is 12.3 Å². The lowest BCUT2D eigenvalue weighted by Crippen LogP contribution is -2.37. The van der Waals surface area contributed by atoms with Crippen LogP contribution in [0.5, 0.6) is 0 Å². The maximum Gasteiger partial charge on any atom is 0.0776 e. The second-order valence-electron chi connectivity index (χ2n) is 5.14. The van der Waals surface area contributed by atoms with Gasteiger partial charge in [-0.1, -0.05) is 61.1 Å². The molecule has 2 rings (SSSR count). The molecule has 0 nitrogen and oxygen atoms in total. The molecule has 2 aromatic carbocycles.